The van der Waals surface area contributed by atoms with E-state index in [4.69, 9.17) is 26.8 Å². The lowest BCUT2D eigenvalue weighted by Crippen LogP contribution is -2.35. The molecule has 190 valence electrons. The molecule has 1 unspecified atom stereocenters. The molecule has 1 aliphatic rings. The van der Waals surface area contributed by atoms with Crippen LogP contribution in [-0.2, 0) is 9.53 Å². The average molecular weight is 521 g/mol. The normalized spacial score (nSPS) is 17.5. The van der Waals surface area contributed by atoms with Crippen LogP contribution in [0.1, 0.15) is 28.8 Å². The number of aromatic amines is 1. The van der Waals surface area contributed by atoms with Crippen LogP contribution in [0.25, 0.3) is 11.0 Å². The third kappa shape index (κ3) is 5.15. The Morgan fingerprint density at radius 3 is 2.68 bits per heavy atom. The number of nitrogens with zero attached hydrogens (tertiary/aromatic N) is 1. The van der Waals surface area contributed by atoms with E-state index in [1.165, 1.54) is 12.4 Å². The minimum absolute atomic E-state index is 0.0705. The summed E-state index contributed by atoms with van der Waals surface area (Å²) in [5.74, 6) is 0.158. The lowest BCUT2D eigenvalue weighted by Gasteiger charge is -2.27. The number of anilines is 2. The number of aliphatic hydroxyl groups excluding tert-OH is 1. The Kier molecular flexibility index (Phi) is 7.09. The number of hydrogen-bond donors (Lipinski definition) is 4. The highest BCUT2D eigenvalue weighted by molar-refractivity contribution is 6.36. The maximum Gasteiger partial charge on any atom is 0.229 e. The SMILES string of the molecule is Nc1c(NC(=O)C2CC[C@H](CO)OC2)cnc2[nH]cc(C(=O)c3ccc(Oc4ccccc4)cc3Cl)c12. The first-order chi connectivity index (χ1) is 17.9. The van der Waals surface area contributed by atoms with Crippen LogP contribution in [0.2, 0.25) is 5.02 Å². The van der Waals surface area contributed by atoms with E-state index in [9.17, 15) is 14.7 Å². The van der Waals surface area contributed by atoms with E-state index >= 15 is 0 Å². The summed E-state index contributed by atoms with van der Waals surface area (Å²) in [5.41, 5.74) is 7.88. The highest BCUT2D eigenvalue weighted by atomic mass is 35.5. The highest BCUT2D eigenvalue weighted by Gasteiger charge is 2.28. The molecule has 1 aliphatic heterocycles. The number of nitrogen functional groups attached to an aromatic ring is 1. The van der Waals surface area contributed by atoms with E-state index in [1.807, 2.05) is 30.3 Å². The molecule has 2 aromatic carbocycles. The number of nitrogens with one attached hydrogen (secondary N) is 2. The summed E-state index contributed by atoms with van der Waals surface area (Å²) in [6.45, 7) is 0.141. The number of rotatable bonds is 7. The van der Waals surface area contributed by atoms with Crippen LogP contribution in [0.4, 0.5) is 11.4 Å². The number of fused-ring (bicyclic) bond motifs is 1. The van der Waals surface area contributed by atoms with Crippen LogP contribution in [0.5, 0.6) is 11.5 Å². The molecule has 10 heteroatoms. The number of pyridine rings is 1. The van der Waals surface area contributed by atoms with Gasteiger partial charge < -0.3 is 30.6 Å². The van der Waals surface area contributed by atoms with Crippen molar-refractivity contribution in [1.29, 1.82) is 0 Å². The summed E-state index contributed by atoms with van der Waals surface area (Å²) in [5, 5.41) is 12.6. The van der Waals surface area contributed by atoms with E-state index < -0.39 is 0 Å². The van der Waals surface area contributed by atoms with Gasteiger partial charge in [0.2, 0.25) is 5.91 Å². The number of halogens is 1. The number of ether oxygens (including phenoxy) is 2. The Morgan fingerprint density at radius 2 is 1.97 bits per heavy atom. The van der Waals surface area contributed by atoms with E-state index in [0.29, 0.717) is 41.1 Å². The third-order valence-corrected chi connectivity index (χ3v) is 6.67. The molecule has 3 heterocycles. The number of benzene rings is 2. The van der Waals surface area contributed by atoms with Gasteiger partial charge in [-0.2, -0.15) is 0 Å². The second-order valence-corrected chi connectivity index (χ2v) is 9.21. The topological polar surface area (TPSA) is 140 Å². The van der Waals surface area contributed by atoms with Gasteiger partial charge >= 0.3 is 0 Å². The average Bonchev–Trinajstić information content (AvgIpc) is 3.36. The molecule has 0 spiro atoms. The number of hydrogen-bond acceptors (Lipinski definition) is 7. The molecule has 0 radical (unpaired) electrons. The number of amides is 1. The minimum atomic E-state index is -0.374. The highest BCUT2D eigenvalue weighted by Crippen LogP contribution is 2.34. The molecule has 1 amide bonds. The molecule has 5 rings (SSSR count). The van der Waals surface area contributed by atoms with Gasteiger partial charge in [-0.3, -0.25) is 9.59 Å². The van der Waals surface area contributed by atoms with Crippen LogP contribution in [0.15, 0.2) is 60.9 Å². The van der Waals surface area contributed by atoms with Crippen LogP contribution in [0, 0.1) is 5.92 Å². The molecule has 37 heavy (non-hydrogen) atoms. The van der Waals surface area contributed by atoms with E-state index in [2.05, 4.69) is 15.3 Å². The van der Waals surface area contributed by atoms with Crippen LogP contribution >= 0.6 is 11.6 Å². The summed E-state index contributed by atoms with van der Waals surface area (Å²) in [4.78, 5) is 33.5. The van der Waals surface area contributed by atoms with Gasteiger partial charge in [-0.15, -0.1) is 0 Å². The molecule has 0 saturated carbocycles. The fourth-order valence-electron chi connectivity index (χ4n) is 4.30. The van der Waals surface area contributed by atoms with Crippen molar-refractivity contribution in [2.45, 2.75) is 18.9 Å². The number of aromatic nitrogens is 2. The van der Waals surface area contributed by atoms with Crippen molar-refractivity contribution in [1.82, 2.24) is 9.97 Å². The van der Waals surface area contributed by atoms with Crippen molar-refractivity contribution < 1.29 is 24.2 Å². The number of H-pyrrole nitrogens is 1. The smallest absolute Gasteiger partial charge is 0.229 e. The third-order valence-electron chi connectivity index (χ3n) is 6.35. The van der Waals surface area contributed by atoms with Crippen LogP contribution in [-0.4, -0.2) is 46.1 Å². The van der Waals surface area contributed by atoms with Gasteiger partial charge in [0.1, 0.15) is 17.1 Å². The van der Waals surface area contributed by atoms with Crippen molar-refractivity contribution in [3.05, 3.63) is 77.1 Å². The Bertz CT molecular complexity index is 1450. The largest absolute Gasteiger partial charge is 0.457 e. The second-order valence-electron chi connectivity index (χ2n) is 8.80. The molecular formula is C27H25ClN4O5. The van der Waals surface area contributed by atoms with Gasteiger partial charge in [0, 0.05) is 17.8 Å². The summed E-state index contributed by atoms with van der Waals surface area (Å²) >= 11 is 6.46. The predicted molar refractivity (Wildman–Crippen MR) is 140 cm³/mol. The van der Waals surface area contributed by atoms with E-state index in [-0.39, 0.29) is 58.8 Å². The monoisotopic (exact) mass is 520 g/mol. The van der Waals surface area contributed by atoms with E-state index in [1.54, 1.807) is 18.2 Å². The zero-order valence-corrected chi connectivity index (χ0v) is 20.5. The number of ketones is 1. The number of carbonyl (C=O) groups is 2. The Morgan fingerprint density at radius 1 is 1.16 bits per heavy atom. The maximum absolute atomic E-state index is 13.5. The van der Waals surface area contributed by atoms with Gasteiger partial charge in [0.05, 0.1) is 58.8 Å². The maximum atomic E-state index is 13.5. The molecule has 9 nitrogen and oxygen atoms in total. The van der Waals surface area contributed by atoms with Crippen LogP contribution < -0.4 is 15.8 Å². The van der Waals surface area contributed by atoms with Crippen molar-refractivity contribution >= 4 is 45.7 Å². The van der Waals surface area contributed by atoms with Crippen molar-refractivity contribution in [2.75, 3.05) is 24.3 Å². The first kappa shape index (κ1) is 24.8. The van der Waals surface area contributed by atoms with Gasteiger partial charge in [-0.05, 0) is 37.1 Å². The molecule has 0 bridgehead atoms. The molecule has 1 fully saturated rings. The summed E-state index contributed by atoms with van der Waals surface area (Å²) in [7, 11) is 0. The second kappa shape index (κ2) is 10.6. The van der Waals surface area contributed by atoms with Crippen molar-refractivity contribution in [2.24, 2.45) is 5.92 Å². The minimum Gasteiger partial charge on any atom is -0.457 e. The van der Waals surface area contributed by atoms with Gasteiger partial charge in [-0.1, -0.05) is 29.8 Å². The summed E-state index contributed by atoms with van der Waals surface area (Å²) in [6, 6.07) is 14.1. The van der Waals surface area contributed by atoms with E-state index in [0.717, 1.165) is 0 Å². The Labute approximate surface area is 217 Å². The standard InChI is InChI=1S/C27H25ClN4O5/c28-21-10-17(37-16-4-2-1-3-5-16)8-9-19(21)25(34)20-11-30-26-23(20)24(29)22(12-31-26)32-27(35)15-6-7-18(13-33)36-14-15/h1-5,8-12,15,18,33H,6-7,13-14H2,(H,32,35)(H3,29,30,31)/t15?,18-/m1/s1. The number of aliphatic hydroxyl groups is 1. The number of nitrogens with two attached hydrogens (primary N) is 1. The molecule has 5 N–H and O–H groups in total. The quantitative estimate of drug-likeness (QED) is 0.262. The summed E-state index contributed by atoms with van der Waals surface area (Å²) < 4.78 is 11.3. The van der Waals surface area contributed by atoms with Crippen molar-refractivity contribution in [3.63, 3.8) is 0 Å². The number of carbonyl (C=O) groups excluding carboxylic acids is 2. The van der Waals surface area contributed by atoms with Gasteiger partial charge in [0.15, 0.2) is 5.78 Å². The van der Waals surface area contributed by atoms with Gasteiger partial charge in [-0.25, -0.2) is 4.98 Å². The lowest BCUT2D eigenvalue weighted by atomic mass is 9.97. The van der Waals surface area contributed by atoms with Crippen LogP contribution in [0.3, 0.4) is 0 Å². The fourth-order valence-corrected chi connectivity index (χ4v) is 4.56. The first-order valence-electron chi connectivity index (χ1n) is 11.8. The summed E-state index contributed by atoms with van der Waals surface area (Å²) in [6.07, 6.45) is 3.91. The molecule has 0 aliphatic carbocycles. The zero-order valence-electron chi connectivity index (χ0n) is 19.7. The molecule has 2 atom stereocenters. The number of para-hydroxylation sites is 1. The molecule has 1 saturated heterocycles. The molecule has 2 aromatic heterocycles. The predicted octanol–water partition coefficient (Wildman–Crippen LogP) is 4.55. The van der Waals surface area contributed by atoms with Crippen molar-refractivity contribution in [3.8, 4) is 11.5 Å². The fraction of sp³-hybridized carbons (Fsp3) is 0.222. The molecule has 4 aromatic rings. The zero-order chi connectivity index (χ0) is 25.9. The van der Waals surface area contributed by atoms with Gasteiger partial charge in [0.25, 0.3) is 0 Å². The first-order valence-corrected chi connectivity index (χ1v) is 12.2. The Balaban J connectivity index is 1.38. The Hall–Kier alpha value is -3.92. The lowest BCUT2D eigenvalue weighted by molar-refractivity contribution is -0.127. The molecular weight excluding hydrogens is 496 g/mol.